The maximum atomic E-state index is 13.3. The van der Waals surface area contributed by atoms with Crippen LogP contribution < -0.4 is 0 Å². The summed E-state index contributed by atoms with van der Waals surface area (Å²) >= 11 is 0. The van der Waals surface area contributed by atoms with E-state index in [0.717, 1.165) is 6.42 Å². The molecule has 2 aliphatic rings. The molecular formula is C23H25NO. The first-order chi connectivity index (χ1) is 12.1. The molecular weight excluding hydrogens is 306 g/mol. The van der Waals surface area contributed by atoms with Gasteiger partial charge in [-0.1, -0.05) is 79.2 Å². The molecule has 128 valence electrons. The third kappa shape index (κ3) is 3.02. The van der Waals surface area contributed by atoms with Gasteiger partial charge in [-0.3, -0.25) is 4.79 Å². The number of amides is 1. The Hall–Kier alpha value is -2.35. The molecule has 1 saturated heterocycles. The van der Waals surface area contributed by atoms with Crippen LogP contribution in [0.25, 0.3) is 0 Å². The highest BCUT2D eigenvalue weighted by Gasteiger charge is 2.48. The maximum Gasteiger partial charge on any atom is 0.227 e. The first-order valence-corrected chi connectivity index (χ1v) is 9.23. The van der Waals surface area contributed by atoms with Crippen molar-refractivity contribution < 1.29 is 4.79 Å². The molecule has 0 radical (unpaired) electrons. The number of rotatable bonds is 3. The zero-order valence-corrected chi connectivity index (χ0v) is 14.9. The van der Waals surface area contributed by atoms with Gasteiger partial charge in [0.25, 0.3) is 0 Å². The molecule has 0 spiro atoms. The van der Waals surface area contributed by atoms with Crippen LogP contribution >= 0.6 is 0 Å². The zero-order chi connectivity index (χ0) is 17.4. The van der Waals surface area contributed by atoms with Crippen molar-refractivity contribution in [3.05, 3.63) is 83.4 Å². The molecule has 4 atom stereocenters. The Morgan fingerprint density at radius 3 is 2.60 bits per heavy atom. The molecule has 0 aromatic heterocycles. The Balaban J connectivity index is 1.74. The highest BCUT2D eigenvalue weighted by Crippen LogP contribution is 2.47. The van der Waals surface area contributed by atoms with E-state index >= 15 is 0 Å². The van der Waals surface area contributed by atoms with Crippen LogP contribution in [-0.2, 0) is 11.3 Å². The predicted octanol–water partition coefficient (Wildman–Crippen LogP) is 4.91. The first-order valence-electron chi connectivity index (χ1n) is 9.23. The summed E-state index contributed by atoms with van der Waals surface area (Å²) in [5.74, 6) is 1.21. The lowest BCUT2D eigenvalue weighted by atomic mass is 9.77. The van der Waals surface area contributed by atoms with Crippen LogP contribution in [0.3, 0.4) is 0 Å². The molecule has 1 amide bonds. The molecule has 2 aromatic carbocycles. The van der Waals surface area contributed by atoms with Gasteiger partial charge in [0.2, 0.25) is 5.91 Å². The number of hydrogen-bond acceptors (Lipinski definition) is 1. The van der Waals surface area contributed by atoms with Crippen molar-refractivity contribution in [1.82, 2.24) is 4.90 Å². The molecule has 1 unspecified atom stereocenters. The van der Waals surface area contributed by atoms with Crippen molar-refractivity contribution in [2.45, 2.75) is 32.9 Å². The number of carbonyl (C=O) groups is 1. The fraction of sp³-hybridized carbons (Fsp3) is 0.348. The predicted molar refractivity (Wildman–Crippen MR) is 101 cm³/mol. The summed E-state index contributed by atoms with van der Waals surface area (Å²) in [5, 5.41) is 0. The van der Waals surface area contributed by atoms with Crippen LogP contribution in [0.2, 0.25) is 0 Å². The summed E-state index contributed by atoms with van der Waals surface area (Å²) in [4.78, 5) is 15.4. The largest absolute Gasteiger partial charge is 0.330 e. The van der Waals surface area contributed by atoms with E-state index in [1.54, 1.807) is 0 Å². The van der Waals surface area contributed by atoms with Crippen LogP contribution in [0.1, 0.15) is 36.1 Å². The van der Waals surface area contributed by atoms with Crippen molar-refractivity contribution >= 4 is 5.91 Å². The molecule has 2 nitrogen and oxygen atoms in total. The summed E-state index contributed by atoms with van der Waals surface area (Å²) in [6, 6.07) is 19.1. The Labute approximate surface area is 150 Å². The summed E-state index contributed by atoms with van der Waals surface area (Å²) < 4.78 is 0. The van der Waals surface area contributed by atoms with E-state index < -0.39 is 0 Å². The van der Waals surface area contributed by atoms with E-state index in [4.69, 9.17) is 0 Å². The minimum atomic E-state index is 0.120. The molecule has 0 N–H and O–H groups in total. The minimum Gasteiger partial charge on any atom is -0.330 e. The fourth-order valence-corrected chi connectivity index (χ4v) is 4.45. The van der Waals surface area contributed by atoms with Crippen LogP contribution in [-0.4, -0.2) is 10.8 Å². The average molecular weight is 331 g/mol. The van der Waals surface area contributed by atoms with E-state index in [-0.39, 0.29) is 17.9 Å². The summed E-state index contributed by atoms with van der Waals surface area (Å²) in [5.41, 5.74) is 3.71. The van der Waals surface area contributed by atoms with Crippen molar-refractivity contribution in [3.8, 4) is 0 Å². The molecule has 0 bridgehead atoms. The van der Waals surface area contributed by atoms with Gasteiger partial charge in [0.15, 0.2) is 0 Å². The van der Waals surface area contributed by atoms with E-state index in [1.807, 2.05) is 18.2 Å². The van der Waals surface area contributed by atoms with Gasteiger partial charge in [0.1, 0.15) is 0 Å². The number of fused-ring (bicyclic) bond motifs is 1. The highest BCUT2D eigenvalue weighted by molar-refractivity contribution is 5.83. The number of nitrogens with zero attached hydrogens (tertiary/aromatic N) is 1. The van der Waals surface area contributed by atoms with Gasteiger partial charge in [-0.05, 0) is 30.4 Å². The van der Waals surface area contributed by atoms with Crippen molar-refractivity contribution in [1.29, 1.82) is 0 Å². The smallest absolute Gasteiger partial charge is 0.227 e. The third-order valence-electron chi connectivity index (χ3n) is 5.63. The summed E-state index contributed by atoms with van der Waals surface area (Å²) in [7, 11) is 0. The van der Waals surface area contributed by atoms with E-state index in [2.05, 4.69) is 67.3 Å². The van der Waals surface area contributed by atoms with Crippen LogP contribution in [0, 0.1) is 24.7 Å². The molecule has 2 heteroatoms. The van der Waals surface area contributed by atoms with Crippen LogP contribution in [0.15, 0.2) is 66.7 Å². The molecule has 0 saturated carbocycles. The molecule has 1 aliphatic carbocycles. The Kier molecular flexibility index (Phi) is 4.20. The zero-order valence-electron chi connectivity index (χ0n) is 14.9. The number of likely N-dealkylation sites (tertiary alicyclic amines) is 1. The lowest BCUT2D eigenvalue weighted by Gasteiger charge is -2.29. The van der Waals surface area contributed by atoms with Crippen molar-refractivity contribution in [2.75, 3.05) is 0 Å². The summed E-state index contributed by atoms with van der Waals surface area (Å²) in [6.07, 6.45) is 5.56. The van der Waals surface area contributed by atoms with E-state index in [9.17, 15) is 4.79 Å². The number of aryl methyl sites for hydroxylation is 1. The number of benzene rings is 2. The van der Waals surface area contributed by atoms with Gasteiger partial charge >= 0.3 is 0 Å². The molecule has 4 rings (SSSR count). The van der Waals surface area contributed by atoms with Crippen LogP contribution in [0.4, 0.5) is 0 Å². The standard InChI is InChI=1S/C23H25NO/c1-16-7-6-10-19(13-16)22-20-12-11-17(2)14-21(20)23(25)24(22)15-18-8-4-3-5-9-18/h3-13,17,20-22H,14-15H2,1-2H3/t17?,20-,21+,22+/m1/s1. The first kappa shape index (κ1) is 16.1. The van der Waals surface area contributed by atoms with Gasteiger partial charge < -0.3 is 4.90 Å². The number of allylic oxidation sites excluding steroid dienone is 1. The average Bonchev–Trinajstić information content (AvgIpc) is 2.88. The van der Waals surface area contributed by atoms with Crippen molar-refractivity contribution in [3.63, 3.8) is 0 Å². The van der Waals surface area contributed by atoms with Gasteiger partial charge in [-0.15, -0.1) is 0 Å². The SMILES string of the molecule is Cc1cccc([C@H]2[C@@H]3C=CC(C)C[C@@H]3C(=O)N2Cc2ccccc2)c1. The van der Waals surface area contributed by atoms with E-state index in [1.165, 1.54) is 16.7 Å². The quantitative estimate of drug-likeness (QED) is 0.732. The molecule has 25 heavy (non-hydrogen) atoms. The molecule has 1 aliphatic heterocycles. The lowest BCUT2D eigenvalue weighted by Crippen LogP contribution is -2.29. The lowest BCUT2D eigenvalue weighted by molar-refractivity contribution is -0.133. The van der Waals surface area contributed by atoms with Crippen molar-refractivity contribution in [2.24, 2.45) is 17.8 Å². The molecule has 1 fully saturated rings. The second-order valence-corrected chi connectivity index (χ2v) is 7.59. The number of hydrogen-bond donors (Lipinski definition) is 0. The molecule has 1 heterocycles. The maximum absolute atomic E-state index is 13.3. The second kappa shape index (κ2) is 6.51. The summed E-state index contributed by atoms with van der Waals surface area (Å²) in [6.45, 7) is 5.02. The Bertz CT molecular complexity index is 795. The molecule has 2 aromatic rings. The van der Waals surface area contributed by atoms with E-state index in [0.29, 0.717) is 18.4 Å². The fourth-order valence-electron chi connectivity index (χ4n) is 4.45. The van der Waals surface area contributed by atoms with Gasteiger partial charge in [0, 0.05) is 18.4 Å². The Morgan fingerprint density at radius 2 is 1.84 bits per heavy atom. The normalized spacial score (nSPS) is 28.2. The highest BCUT2D eigenvalue weighted by atomic mass is 16.2. The monoisotopic (exact) mass is 331 g/mol. The Morgan fingerprint density at radius 1 is 1.04 bits per heavy atom. The topological polar surface area (TPSA) is 20.3 Å². The van der Waals surface area contributed by atoms with Gasteiger partial charge in [0.05, 0.1) is 6.04 Å². The minimum absolute atomic E-state index is 0.120. The second-order valence-electron chi connectivity index (χ2n) is 7.59. The van der Waals surface area contributed by atoms with Gasteiger partial charge in [-0.2, -0.15) is 0 Å². The number of carbonyl (C=O) groups excluding carboxylic acids is 1. The third-order valence-corrected chi connectivity index (χ3v) is 5.63. The van der Waals surface area contributed by atoms with Crippen LogP contribution in [0.5, 0.6) is 0 Å². The van der Waals surface area contributed by atoms with Gasteiger partial charge in [-0.25, -0.2) is 0 Å².